The zero-order chi connectivity index (χ0) is 15.0. The lowest BCUT2D eigenvalue weighted by Gasteiger charge is -2.06. The van der Waals surface area contributed by atoms with Crippen LogP contribution >= 0.6 is 11.3 Å². The third-order valence-electron chi connectivity index (χ3n) is 3.11. The number of hydrogen-bond donors (Lipinski definition) is 2. The van der Waals surface area contributed by atoms with E-state index >= 15 is 0 Å². The molecule has 1 aromatic heterocycles. The van der Waals surface area contributed by atoms with Crippen molar-refractivity contribution in [1.82, 2.24) is 4.98 Å². The summed E-state index contributed by atoms with van der Waals surface area (Å²) in [5.74, 6) is -1.03. The molecule has 0 atom stereocenters. The van der Waals surface area contributed by atoms with Gasteiger partial charge in [0.15, 0.2) is 0 Å². The molecule has 0 spiro atoms. The summed E-state index contributed by atoms with van der Waals surface area (Å²) < 4.78 is 0.570. The minimum Gasteiger partial charge on any atom is -0.478 e. The Hall–Kier alpha value is -2.73. The van der Waals surface area contributed by atoms with Crippen molar-refractivity contribution in [3.05, 3.63) is 68.0 Å². The first kappa shape index (κ1) is 13.3. The Labute approximate surface area is 122 Å². The summed E-state index contributed by atoms with van der Waals surface area (Å²) in [7, 11) is 0. The smallest absolute Gasteiger partial charge is 0.336 e. The first-order valence-electron chi connectivity index (χ1n) is 6.06. The number of aromatic carboxylic acids is 1. The number of aromatic amines is 1. The van der Waals surface area contributed by atoms with Crippen molar-refractivity contribution < 1.29 is 9.90 Å². The molecule has 0 saturated heterocycles. The lowest BCUT2D eigenvalue weighted by Crippen LogP contribution is -2.15. The lowest BCUT2D eigenvalue weighted by atomic mass is 9.99. The zero-order valence-corrected chi connectivity index (χ0v) is 11.4. The van der Waals surface area contributed by atoms with Crippen LogP contribution in [0.25, 0.3) is 21.2 Å². The van der Waals surface area contributed by atoms with Gasteiger partial charge in [-0.1, -0.05) is 35.6 Å². The molecule has 5 nitrogen and oxygen atoms in total. The lowest BCUT2D eigenvalue weighted by molar-refractivity contribution is 0.0697. The number of aromatic nitrogens is 1. The van der Waals surface area contributed by atoms with Crippen LogP contribution in [0.2, 0.25) is 0 Å². The average molecular weight is 299 g/mol. The van der Waals surface area contributed by atoms with E-state index < -0.39 is 16.4 Å². The summed E-state index contributed by atoms with van der Waals surface area (Å²) in [6.07, 6.45) is 0. The molecule has 1 heterocycles. The minimum absolute atomic E-state index is 0.164. The fourth-order valence-electron chi connectivity index (χ4n) is 2.17. The Kier molecular flexibility index (Phi) is 3.15. The highest BCUT2D eigenvalue weighted by Gasteiger charge is 2.12. The summed E-state index contributed by atoms with van der Waals surface area (Å²) in [6, 6.07) is 11.5. The predicted molar refractivity (Wildman–Crippen MR) is 81.1 cm³/mol. The molecule has 3 aromatic rings. The van der Waals surface area contributed by atoms with E-state index in [2.05, 4.69) is 4.98 Å². The molecule has 0 amide bonds. The maximum absolute atomic E-state index is 11.8. The molecular formula is C15H9NO4S. The van der Waals surface area contributed by atoms with Crippen molar-refractivity contribution in [2.75, 3.05) is 0 Å². The van der Waals surface area contributed by atoms with Crippen LogP contribution in [-0.2, 0) is 0 Å². The van der Waals surface area contributed by atoms with E-state index in [0.29, 0.717) is 21.2 Å². The Bertz CT molecular complexity index is 971. The molecule has 0 radical (unpaired) electrons. The van der Waals surface area contributed by atoms with Crippen LogP contribution in [0.15, 0.2) is 52.1 Å². The average Bonchev–Trinajstić information content (AvgIpc) is 2.47. The van der Waals surface area contributed by atoms with Gasteiger partial charge in [0.25, 0.3) is 5.56 Å². The summed E-state index contributed by atoms with van der Waals surface area (Å²) in [5.41, 5.74) is 0.847. The van der Waals surface area contributed by atoms with E-state index in [1.165, 1.54) is 6.07 Å². The number of rotatable bonds is 2. The van der Waals surface area contributed by atoms with Gasteiger partial charge in [-0.3, -0.25) is 14.6 Å². The van der Waals surface area contributed by atoms with Crippen molar-refractivity contribution in [2.24, 2.45) is 0 Å². The van der Waals surface area contributed by atoms with Crippen LogP contribution < -0.4 is 10.4 Å². The van der Waals surface area contributed by atoms with Crippen LogP contribution in [0.3, 0.4) is 0 Å². The SMILES string of the molecule is O=C(O)c1ccccc1-c1ccc2sc(=O)[nH]c(=O)c2c1. The molecule has 0 saturated carbocycles. The molecule has 104 valence electrons. The van der Waals surface area contributed by atoms with Crippen molar-refractivity contribution in [2.45, 2.75) is 0 Å². The monoisotopic (exact) mass is 299 g/mol. The van der Waals surface area contributed by atoms with Crippen molar-refractivity contribution in [3.8, 4) is 11.1 Å². The Morgan fingerprint density at radius 1 is 1.10 bits per heavy atom. The minimum atomic E-state index is -1.03. The molecule has 0 fully saturated rings. The summed E-state index contributed by atoms with van der Waals surface area (Å²) in [6.45, 7) is 0. The predicted octanol–water partition coefficient (Wildman–Crippen LogP) is 2.31. The van der Waals surface area contributed by atoms with Gasteiger partial charge in [0.1, 0.15) is 0 Å². The number of benzene rings is 2. The quantitative estimate of drug-likeness (QED) is 0.760. The van der Waals surface area contributed by atoms with E-state index in [0.717, 1.165) is 11.3 Å². The van der Waals surface area contributed by atoms with Gasteiger partial charge in [-0.15, -0.1) is 0 Å². The first-order valence-corrected chi connectivity index (χ1v) is 6.88. The molecule has 0 bridgehead atoms. The number of carboxylic acids is 1. The molecule has 2 aromatic carbocycles. The molecule has 3 rings (SSSR count). The maximum atomic E-state index is 11.8. The number of carbonyl (C=O) groups is 1. The third-order valence-corrected chi connectivity index (χ3v) is 3.97. The van der Waals surface area contributed by atoms with Gasteiger partial charge in [-0.05, 0) is 29.3 Å². The van der Waals surface area contributed by atoms with Crippen LogP contribution in [0.1, 0.15) is 10.4 Å². The number of fused-ring (bicyclic) bond motifs is 1. The third kappa shape index (κ3) is 2.36. The van der Waals surface area contributed by atoms with Crippen LogP contribution in [-0.4, -0.2) is 16.1 Å². The second-order valence-electron chi connectivity index (χ2n) is 4.41. The second-order valence-corrected chi connectivity index (χ2v) is 5.42. The molecule has 6 heteroatoms. The van der Waals surface area contributed by atoms with Gasteiger partial charge in [-0.25, -0.2) is 4.79 Å². The molecular weight excluding hydrogens is 290 g/mol. The standard InChI is InChI=1S/C15H9NO4S/c17-13-11-7-8(5-6-12(11)21-15(20)16-13)9-3-1-2-4-10(9)14(18)19/h1-7H,(H,18,19)(H,16,17,20). The second kappa shape index (κ2) is 4.99. The van der Waals surface area contributed by atoms with E-state index in [1.807, 2.05) is 0 Å². The first-order chi connectivity index (χ1) is 10.1. The van der Waals surface area contributed by atoms with E-state index in [-0.39, 0.29) is 5.56 Å². The fraction of sp³-hybridized carbons (Fsp3) is 0. The van der Waals surface area contributed by atoms with Gasteiger partial charge in [0, 0.05) is 4.70 Å². The van der Waals surface area contributed by atoms with Crippen molar-refractivity contribution in [3.63, 3.8) is 0 Å². The molecule has 2 N–H and O–H groups in total. The number of hydrogen-bond acceptors (Lipinski definition) is 4. The molecule has 0 aliphatic rings. The van der Waals surface area contributed by atoms with E-state index in [1.54, 1.807) is 36.4 Å². The molecule has 0 aliphatic heterocycles. The summed E-state index contributed by atoms with van der Waals surface area (Å²) in [5, 5.41) is 9.60. The highest BCUT2D eigenvalue weighted by Crippen LogP contribution is 2.26. The molecule has 0 aliphatic carbocycles. The highest BCUT2D eigenvalue weighted by atomic mass is 32.1. The largest absolute Gasteiger partial charge is 0.478 e. The zero-order valence-electron chi connectivity index (χ0n) is 10.6. The van der Waals surface area contributed by atoms with Gasteiger partial charge < -0.3 is 5.11 Å². The molecule has 21 heavy (non-hydrogen) atoms. The Morgan fingerprint density at radius 3 is 2.62 bits per heavy atom. The fourth-order valence-corrected chi connectivity index (χ4v) is 2.91. The number of carboxylic acid groups (broad SMARTS) is 1. The molecule has 0 unspecified atom stereocenters. The van der Waals surface area contributed by atoms with Gasteiger partial charge in [0.05, 0.1) is 10.9 Å². The summed E-state index contributed by atoms with van der Waals surface area (Å²) >= 11 is 0.943. The van der Waals surface area contributed by atoms with Crippen LogP contribution in [0.4, 0.5) is 0 Å². The van der Waals surface area contributed by atoms with E-state index in [4.69, 9.17) is 0 Å². The highest BCUT2D eigenvalue weighted by molar-refractivity contribution is 7.15. The number of H-pyrrole nitrogens is 1. The van der Waals surface area contributed by atoms with Crippen molar-refractivity contribution >= 4 is 27.4 Å². The maximum Gasteiger partial charge on any atom is 0.336 e. The normalized spacial score (nSPS) is 10.7. The Morgan fingerprint density at radius 2 is 1.86 bits per heavy atom. The van der Waals surface area contributed by atoms with Crippen LogP contribution in [0.5, 0.6) is 0 Å². The summed E-state index contributed by atoms with van der Waals surface area (Å²) in [4.78, 5) is 36.2. The van der Waals surface area contributed by atoms with Gasteiger partial charge >= 0.3 is 10.8 Å². The Balaban J connectivity index is 2.30. The van der Waals surface area contributed by atoms with Gasteiger partial charge in [0.2, 0.25) is 0 Å². The van der Waals surface area contributed by atoms with Crippen molar-refractivity contribution in [1.29, 1.82) is 0 Å². The van der Waals surface area contributed by atoms with Gasteiger partial charge in [-0.2, -0.15) is 0 Å². The van der Waals surface area contributed by atoms with E-state index in [9.17, 15) is 19.5 Å². The topological polar surface area (TPSA) is 87.2 Å². The van der Waals surface area contributed by atoms with Crippen LogP contribution in [0, 0.1) is 0 Å². The number of nitrogens with one attached hydrogen (secondary N) is 1.